The number of aromatic nitrogens is 2. The molecule has 18 heavy (non-hydrogen) atoms. The molecule has 1 fully saturated rings. The standard InChI is InChI=1S/C11H13ClN4O2/c12-9(6-13)8-16-11(17)5-10(7-14-16)15-1-3-18-4-2-15/h5,7,9H,1-4,8H2. The van der Waals surface area contributed by atoms with Crippen LogP contribution in [0, 0.1) is 11.3 Å². The van der Waals surface area contributed by atoms with Gasteiger partial charge >= 0.3 is 0 Å². The summed E-state index contributed by atoms with van der Waals surface area (Å²) in [5.74, 6) is 0. The van der Waals surface area contributed by atoms with Crippen LogP contribution in [0.4, 0.5) is 5.69 Å². The number of hydrogen-bond donors (Lipinski definition) is 0. The summed E-state index contributed by atoms with van der Waals surface area (Å²) in [6, 6.07) is 3.37. The highest BCUT2D eigenvalue weighted by molar-refractivity contribution is 6.22. The minimum absolute atomic E-state index is 0.0975. The lowest BCUT2D eigenvalue weighted by molar-refractivity contribution is 0.122. The van der Waals surface area contributed by atoms with Gasteiger partial charge in [0.2, 0.25) is 0 Å². The lowest BCUT2D eigenvalue weighted by Crippen LogP contribution is -2.37. The number of rotatable bonds is 3. The van der Waals surface area contributed by atoms with E-state index in [0.717, 1.165) is 18.8 Å². The quantitative estimate of drug-likeness (QED) is 0.733. The first-order valence-corrected chi connectivity index (χ1v) is 6.08. The predicted molar refractivity (Wildman–Crippen MR) is 66.8 cm³/mol. The summed E-state index contributed by atoms with van der Waals surface area (Å²) < 4.78 is 6.44. The molecule has 1 aliphatic heterocycles. The fourth-order valence-electron chi connectivity index (χ4n) is 1.75. The van der Waals surface area contributed by atoms with Crippen LogP contribution in [0.5, 0.6) is 0 Å². The Morgan fingerprint density at radius 1 is 1.56 bits per heavy atom. The molecule has 0 saturated carbocycles. The van der Waals surface area contributed by atoms with E-state index in [9.17, 15) is 4.79 Å². The van der Waals surface area contributed by atoms with Crippen LogP contribution in [-0.2, 0) is 11.3 Å². The molecule has 6 nitrogen and oxygen atoms in total. The van der Waals surface area contributed by atoms with E-state index in [2.05, 4.69) is 5.10 Å². The van der Waals surface area contributed by atoms with Gasteiger partial charge in [0.25, 0.3) is 5.56 Å². The van der Waals surface area contributed by atoms with Crippen LogP contribution in [0.15, 0.2) is 17.1 Å². The normalized spacial score (nSPS) is 17.2. The summed E-state index contributed by atoms with van der Waals surface area (Å²) in [6.45, 7) is 2.91. The van der Waals surface area contributed by atoms with Crippen LogP contribution >= 0.6 is 11.6 Å². The van der Waals surface area contributed by atoms with E-state index < -0.39 is 5.38 Å². The molecule has 2 rings (SSSR count). The summed E-state index contributed by atoms with van der Waals surface area (Å²) in [5.41, 5.74) is 0.530. The van der Waals surface area contributed by atoms with Crippen molar-refractivity contribution in [3.05, 3.63) is 22.6 Å². The summed E-state index contributed by atoms with van der Waals surface area (Å²) in [6.07, 6.45) is 1.62. The molecule has 1 aromatic heterocycles. The fourth-order valence-corrected chi connectivity index (χ4v) is 1.88. The highest BCUT2D eigenvalue weighted by Crippen LogP contribution is 2.11. The molecule has 0 amide bonds. The molecule has 7 heteroatoms. The van der Waals surface area contributed by atoms with Crippen molar-refractivity contribution in [2.45, 2.75) is 11.9 Å². The third-order valence-electron chi connectivity index (χ3n) is 2.70. The molecule has 1 aliphatic rings. The summed E-state index contributed by atoms with van der Waals surface area (Å²) >= 11 is 5.67. The van der Waals surface area contributed by atoms with Crippen molar-refractivity contribution in [2.75, 3.05) is 31.2 Å². The molecule has 0 radical (unpaired) electrons. The number of halogens is 1. The second kappa shape index (κ2) is 5.85. The van der Waals surface area contributed by atoms with Gasteiger partial charge in [-0.2, -0.15) is 10.4 Å². The van der Waals surface area contributed by atoms with Crippen molar-refractivity contribution in [1.29, 1.82) is 5.26 Å². The molecular formula is C11H13ClN4O2. The highest BCUT2D eigenvalue weighted by atomic mass is 35.5. The molecule has 1 atom stereocenters. The zero-order chi connectivity index (χ0) is 13.0. The van der Waals surface area contributed by atoms with E-state index in [1.54, 1.807) is 6.20 Å². The monoisotopic (exact) mass is 268 g/mol. The maximum Gasteiger partial charge on any atom is 0.268 e. The molecule has 2 heterocycles. The fraction of sp³-hybridized carbons (Fsp3) is 0.545. The Labute approximate surface area is 109 Å². The van der Waals surface area contributed by atoms with Crippen LogP contribution in [0.2, 0.25) is 0 Å². The molecule has 0 aromatic carbocycles. The Bertz CT molecular complexity index is 505. The number of alkyl halides is 1. The SMILES string of the molecule is N#CC(Cl)Cn1ncc(N2CCOCC2)cc1=O. The van der Waals surface area contributed by atoms with Gasteiger partial charge in [0.05, 0.1) is 37.7 Å². The molecule has 0 aliphatic carbocycles. The Morgan fingerprint density at radius 3 is 2.89 bits per heavy atom. The zero-order valence-electron chi connectivity index (χ0n) is 9.75. The molecule has 1 unspecified atom stereocenters. The lowest BCUT2D eigenvalue weighted by atomic mass is 10.3. The smallest absolute Gasteiger partial charge is 0.268 e. The van der Waals surface area contributed by atoms with Crippen molar-refractivity contribution in [1.82, 2.24) is 9.78 Å². The molecule has 0 spiro atoms. The van der Waals surface area contributed by atoms with Crippen molar-refractivity contribution in [3.8, 4) is 6.07 Å². The molecule has 1 aromatic rings. The molecule has 0 N–H and O–H groups in total. The Hall–Kier alpha value is -1.58. The van der Waals surface area contributed by atoms with Gasteiger partial charge in [0.15, 0.2) is 0 Å². The summed E-state index contributed by atoms with van der Waals surface area (Å²) in [5, 5.41) is 11.9. The molecule has 0 bridgehead atoms. The van der Waals surface area contributed by atoms with E-state index in [1.165, 1.54) is 10.7 Å². The second-order valence-corrected chi connectivity index (χ2v) is 4.46. The van der Waals surface area contributed by atoms with Crippen molar-refractivity contribution in [3.63, 3.8) is 0 Å². The van der Waals surface area contributed by atoms with Gasteiger partial charge < -0.3 is 9.64 Å². The number of hydrogen-bond acceptors (Lipinski definition) is 5. The van der Waals surface area contributed by atoms with E-state index >= 15 is 0 Å². The largest absolute Gasteiger partial charge is 0.378 e. The highest BCUT2D eigenvalue weighted by Gasteiger charge is 2.13. The Balaban J connectivity index is 2.14. The van der Waals surface area contributed by atoms with Crippen LogP contribution in [0.25, 0.3) is 0 Å². The first kappa shape index (κ1) is 12.9. The van der Waals surface area contributed by atoms with Gasteiger partial charge in [-0.05, 0) is 0 Å². The first-order valence-electron chi connectivity index (χ1n) is 5.64. The maximum atomic E-state index is 11.8. The third-order valence-corrected chi connectivity index (χ3v) is 2.94. The minimum atomic E-state index is -0.746. The van der Waals surface area contributed by atoms with Gasteiger partial charge in [-0.3, -0.25) is 4.79 Å². The zero-order valence-corrected chi connectivity index (χ0v) is 10.5. The van der Waals surface area contributed by atoms with E-state index in [4.69, 9.17) is 21.6 Å². The average molecular weight is 269 g/mol. The van der Waals surface area contributed by atoms with Gasteiger partial charge in [0.1, 0.15) is 5.38 Å². The van der Waals surface area contributed by atoms with Crippen LogP contribution < -0.4 is 10.5 Å². The van der Waals surface area contributed by atoms with E-state index in [1.807, 2.05) is 11.0 Å². The average Bonchev–Trinajstić information content (AvgIpc) is 2.42. The van der Waals surface area contributed by atoms with E-state index in [-0.39, 0.29) is 12.1 Å². The first-order chi connectivity index (χ1) is 8.70. The van der Waals surface area contributed by atoms with Crippen LogP contribution in [-0.4, -0.2) is 41.5 Å². The number of morpholine rings is 1. The van der Waals surface area contributed by atoms with Gasteiger partial charge in [-0.15, -0.1) is 11.6 Å². The lowest BCUT2D eigenvalue weighted by Gasteiger charge is -2.28. The summed E-state index contributed by atoms with van der Waals surface area (Å²) in [7, 11) is 0. The molecular weight excluding hydrogens is 256 g/mol. The van der Waals surface area contributed by atoms with Crippen molar-refractivity contribution in [2.24, 2.45) is 0 Å². The predicted octanol–water partition coefficient (Wildman–Crippen LogP) is 0.211. The molecule has 96 valence electrons. The molecule has 1 saturated heterocycles. The number of ether oxygens (including phenoxy) is 1. The number of nitrogens with zero attached hydrogens (tertiary/aromatic N) is 4. The Morgan fingerprint density at radius 2 is 2.28 bits per heavy atom. The van der Waals surface area contributed by atoms with Crippen LogP contribution in [0.3, 0.4) is 0 Å². The van der Waals surface area contributed by atoms with Crippen molar-refractivity contribution < 1.29 is 4.74 Å². The van der Waals surface area contributed by atoms with Gasteiger partial charge in [-0.1, -0.05) is 0 Å². The van der Waals surface area contributed by atoms with Crippen molar-refractivity contribution >= 4 is 17.3 Å². The summed E-state index contributed by atoms with van der Waals surface area (Å²) in [4.78, 5) is 13.9. The van der Waals surface area contributed by atoms with E-state index in [0.29, 0.717) is 13.2 Å². The minimum Gasteiger partial charge on any atom is -0.378 e. The third kappa shape index (κ3) is 3.00. The van der Waals surface area contributed by atoms with Crippen LogP contribution in [0.1, 0.15) is 0 Å². The maximum absolute atomic E-state index is 11.8. The topological polar surface area (TPSA) is 71.2 Å². The van der Waals surface area contributed by atoms with Gasteiger partial charge in [0, 0.05) is 19.2 Å². The number of anilines is 1. The Kier molecular flexibility index (Phi) is 4.18. The number of nitriles is 1. The van der Waals surface area contributed by atoms with Gasteiger partial charge in [-0.25, -0.2) is 4.68 Å². The second-order valence-electron chi connectivity index (χ2n) is 3.93.